The van der Waals surface area contributed by atoms with Crippen LogP contribution in [0.5, 0.6) is 0 Å². The normalized spacial score (nSPS) is 10.7. The van der Waals surface area contributed by atoms with Gasteiger partial charge in [-0.05, 0) is 34.7 Å². The van der Waals surface area contributed by atoms with Gasteiger partial charge in [-0.2, -0.15) is 0 Å². The van der Waals surface area contributed by atoms with Crippen molar-refractivity contribution in [2.75, 3.05) is 0 Å². The number of benzene rings is 3. The number of halogens is 1. The zero-order valence-electron chi connectivity index (χ0n) is 10.5. The lowest BCUT2D eigenvalue weighted by Crippen LogP contribution is -1.98. The predicted molar refractivity (Wildman–Crippen MR) is 81.4 cm³/mol. The third-order valence-corrected chi connectivity index (χ3v) is 3.63. The van der Waals surface area contributed by atoms with Gasteiger partial charge in [0.05, 0.1) is 5.56 Å². The van der Waals surface area contributed by atoms with Gasteiger partial charge in [0.1, 0.15) is 0 Å². The van der Waals surface area contributed by atoms with Crippen molar-refractivity contribution in [3.8, 4) is 11.1 Å². The lowest BCUT2D eigenvalue weighted by atomic mass is 9.97. The molecule has 0 aliphatic carbocycles. The minimum atomic E-state index is -0.924. The maximum absolute atomic E-state index is 11.3. The van der Waals surface area contributed by atoms with E-state index in [1.54, 1.807) is 12.1 Å². The van der Waals surface area contributed by atoms with Gasteiger partial charge < -0.3 is 5.11 Å². The molecule has 98 valence electrons. The molecule has 0 bridgehead atoms. The zero-order valence-corrected chi connectivity index (χ0v) is 11.3. The van der Waals surface area contributed by atoms with E-state index in [-0.39, 0.29) is 0 Å². The molecular formula is C17H11ClO2. The quantitative estimate of drug-likeness (QED) is 0.729. The fraction of sp³-hybridized carbons (Fsp3) is 0. The molecule has 20 heavy (non-hydrogen) atoms. The van der Waals surface area contributed by atoms with Crippen LogP contribution in [0, 0.1) is 0 Å². The number of rotatable bonds is 2. The maximum atomic E-state index is 11.3. The van der Waals surface area contributed by atoms with E-state index in [0.29, 0.717) is 16.1 Å². The molecule has 0 heterocycles. The smallest absolute Gasteiger partial charge is 0.336 e. The van der Waals surface area contributed by atoms with Crippen LogP contribution in [0.4, 0.5) is 0 Å². The van der Waals surface area contributed by atoms with Crippen molar-refractivity contribution in [2.45, 2.75) is 0 Å². The second kappa shape index (κ2) is 4.99. The molecule has 0 unspecified atom stereocenters. The van der Waals surface area contributed by atoms with E-state index in [1.807, 2.05) is 48.5 Å². The molecule has 0 aliphatic heterocycles. The van der Waals surface area contributed by atoms with Crippen molar-refractivity contribution < 1.29 is 9.90 Å². The largest absolute Gasteiger partial charge is 0.478 e. The zero-order chi connectivity index (χ0) is 14.1. The van der Waals surface area contributed by atoms with Crippen LogP contribution in [0.15, 0.2) is 60.7 Å². The van der Waals surface area contributed by atoms with Crippen LogP contribution in [0.2, 0.25) is 5.02 Å². The number of hydrogen-bond acceptors (Lipinski definition) is 1. The molecule has 0 saturated carbocycles. The van der Waals surface area contributed by atoms with Crippen molar-refractivity contribution in [2.24, 2.45) is 0 Å². The molecular weight excluding hydrogens is 272 g/mol. The van der Waals surface area contributed by atoms with Gasteiger partial charge in [-0.1, -0.05) is 54.1 Å². The van der Waals surface area contributed by atoms with Gasteiger partial charge in [0.15, 0.2) is 0 Å². The molecule has 3 heteroatoms. The van der Waals surface area contributed by atoms with Crippen molar-refractivity contribution in [3.05, 3.63) is 71.2 Å². The summed E-state index contributed by atoms with van der Waals surface area (Å²) in [7, 11) is 0. The van der Waals surface area contributed by atoms with Crippen molar-refractivity contribution >= 4 is 28.3 Å². The third-order valence-electron chi connectivity index (χ3n) is 3.30. The first-order valence-electron chi connectivity index (χ1n) is 6.18. The number of aromatic carboxylic acids is 1. The predicted octanol–water partition coefficient (Wildman–Crippen LogP) is 4.86. The van der Waals surface area contributed by atoms with Crippen molar-refractivity contribution in [1.29, 1.82) is 0 Å². The highest BCUT2D eigenvalue weighted by atomic mass is 35.5. The van der Waals surface area contributed by atoms with Crippen LogP contribution >= 0.6 is 11.6 Å². The van der Waals surface area contributed by atoms with E-state index in [2.05, 4.69) is 0 Å². The Balaban J connectivity index is 2.23. The highest BCUT2D eigenvalue weighted by Gasteiger charge is 2.11. The van der Waals surface area contributed by atoms with Gasteiger partial charge in [-0.25, -0.2) is 4.79 Å². The van der Waals surface area contributed by atoms with Crippen LogP contribution in [-0.2, 0) is 0 Å². The molecule has 3 aromatic rings. The first kappa shape index (κ1) is 12.7. The Morgan fingerprint density at radius 1 is 0.950 bits per heavy atom. The number of carboxylic acids is 1. The lowest BCUT2D eigenvalue weighted by Gasteiger charge is -2.08. The SMILES string of the molecule is O=C(O)c1ccccc1-c1ccc2c(Cl)cccc2c1. The Labute approximate surface area is 121 Å². The molecule has 2 nitrogen and oxygen atoms in total. The molecule has 0 radical (unpaired) electrons. The first-order chi connectivity index (χ1) is 9.66. The van der Waals surface area contributed by atoms with E-state index in [9.17, 15) is 9.90 Å². The van der Waals surface area contributed by atoms with Gasteiger partial charge in [0.2, 0.25) is 0 Å². The summed E-state index contributed by atoms with van der Waals surface area (Å²) in [5.41, 5.74) is 1.88. The van der Waals surface area contributed by atoms with Crippen LogP contribution in [0.3, 0.4) is 0 Å². The second-order valence-electron chi connectivity index (χ2n) is 4.53. The molecule has 3 rings (SSSR count). The summed E-state index contributed by atoms with van der Waals surface area (Å²) in [6.07, 6.45) is 0. The fourth-order valence-corrected chi connectivity index (χ4v) is 2.58. The highest BCUT2D eigenvalue weighted by Crippen LogP contribution is 2.30. The second-order valence-corrected chi connectivity index (χ2v) is 4.93. The molecule has 0 saturated heterocycles. The van der Waals surface area contributed by atoms with Crippen LogP contribution in [0.1, 0.15) is 10.4 Å². The summed E-state index contributed by atoms with van der Waals surface area (Å²) in [6, 6.07) is 18.5. The molecule has 0 aliphatic rings. The van der Waals surface area contributed by atoms with E-state index in [4.69, 9.17) is 11.6 Å². The molecule has 3 aromatic carbocycles. The molecule has 1 N–H and O–H groups in total. The van der Waals surface area contributed by atoms with Crippen LogP contribution < -0.4 is 0 Å². The molecule has 0 amide bonds. The third kappa shape index (κ3) is 2.15. The van der Waals surface area contributed by atoms with Gasteiger partial charge in [-0.15, -0.1) is 0 Å². The van der Waals surface area contributed by atoms with Crippen molar-refractivity contribution in [1.82, 2.24) is 0 Å². The molecule has 0 aromatic heterocycles. The van der Waals surface area contributed by atoms with E-state index < -0.39 is 5.97 Å². The summed E-state index contributed by atoms with van der Waals surface area (Å²) in [4.78, 5) is 11.3. The molecule has 0 spiro atoms. The Hall–Kier alpha value is -2.32. The average molecular weight is 283 g/mol. The summed E-state index contributed by atoms with van der Waals surface area (Å²) in [6.45, 7) is 0. The van der Waals surface area contributed by atoms with E-state index in [0.717, 1.165) is 16.3 Å². The first-order valence-corrected chi connectivity index (χ1v) is 6.55. The standard InChI is InChI=1S/C17H11ClO2/c18-16-7-3-4-11-10-12(8-9-14(11)16)13-5-1-2-6-15(13)17(19)20/h1-10H,(H,19,20). The topological polar surface area (TPSA) is 37.3 Å². The minimum absolute atomic E-state index is 0.300. The monoisotopic (exact) mass is 282 g/mol. The van der Waals surface area contributed by atoms with Crippen LogP contribution in [-0.4, -0.2) is 11.1 Å². The van der Waals surface area contributed by atoms with Crippen molar-refractivity contribution in [3.63, 3.8) is 0 Å². The average Bonchev–Trinajstić information content (AvgIpc) is 2.47. The Bertz CT molecular complexity index is 809. The Kier molecular flexibility index (Phi) is 3.17. The van der Waals surface area contributed by atoms with E-state index in [1.165, 1.54) is 0 Å². The van der Waals surface area contributed by atoms with E-state index >= 15 is 0 Å². The summed E-state index contributed by atoms with van der Waals surface area (Å²) >= 11 is 6.14. The van der Waals surface area contributed by atoms with Crippen LogP contribution in [0.25, 0.3) is 21.9 Å². The maximum Gasteiger partial charge on any atom is 0.336 e. The Morgan fingerprint density at radius 3 is 2.55 bits per heavy atom. The summed E-state index contributed by atoms with van der Waals surface area (Å²) in [5.74, 6) is -0.924. The van der Waals surface area contributed by atoms with Gasteiger partial charge in [0.25, 0.3) is 0 Å². The Morgan fingerprint density at radius 2 is 1.75 bits per heavy atom. The summed E-state index contributed by atoms with van der Waals surface area (Å²) in [5, 5.41) is 11.9. The number of carbonyl (C=O) groups is 1. The van der Waals surface area contributed by atoms with Gasteiger partial charge in [-0.3, -0.25) is 0 Å². The fourth-order valence-electron chi connectivity index (χ4n) is 2.33. The summed E-state index contributed by atoms with van der Waals surface area (Å²) < 4.78 is 0. The number of hydrogen-bond donors (Lipinski definition) is 1. The minimum Gasteiger partial charge on any atom is -0.478 e. The highest BCUT2D eigenvalue weighted by molar-refractivity contribution is 6.35. The number of fused-ring (bicyclic) bond motifs is 1. The molecule has 0 fully saturated rings. The van der Waals surface area contributed by atoms with Gasteiger partial charge in [0, 0.05) is 10.4 Å². The lowest BCUT2D eigenvalue weighted by molar-refractivity contribution is 0.0697. The molecule has 0 atom stereocenters. The van der Waals surface area contributed by atoms with Gasteiger partial charge >= 0.3 is 5.97 Å². The number of carboxylic acid groups (broad SMARTS) is 1.